The van der Waals surface area contributed by atoms with Crippen LogP contribution in [0.5, 0.6) is 0 Å². The van der Waals surface area contributed by atoms with E-state index in [1.54, 1.807) is 13.0 Å². The zero-order chi connectivity index (χ0) is 15.1. The summed E-state index contributed by atoms with van der Waals surface area (Å²) >= 11 is 3.40. The first-order valence-electron chi connectivity index (χ1n) is 6.70. The second-order valence-electron chi connectivity index (χ2n) is 6.01. The number of nitrogens with one attached hydrogen (secondary N) is 1. The van der Waals surface area contributed by atoms with Gasteiger partial charge in [-0.3, -0.25) is 0 Å². The summed E-state index contributed by atoms with van der Waals surface area (Å²) < 4.78 is 28.9. The van der Waals surface area contributed by atoms with Crippen LogP contribution >= 0.6 is 15.9 Å². The molecular weight excluding hydrogens is 340 g/mol. The summed E-state index contributed by atoms with van der Waals surface area (Å²) in [6.07, 6.45) is 2.17. The molecule has 1 fully saturated rings. The lowest BCUT2D eigenvalue weighted by molar-refractivity contribution is 0.400. The smallest absolute Gasteiger partial charge is 0.241 e. The Bertz CT molecular complexity index is 622. The number of halogens is 1. The van der Waals surface area contributed by atoms with E-state index in [-0.39, 0.29) is 0 Å². The van der Waals surface area contributed by atoms with Gasteiger partial charge in [0.1, 0.15) is 0 Å². The van der Waals surface area contributed by atoms with Crippen molar-refractivity contribution >= 4 is 26.0 Å². The van der Waals surface area contributed by atoms with Crippen molar-refractivity contribution < 1.29 is 8.42 Å². The van der Waals surface area contributed by atoms with Gasteiger partial charge in [0, 0.05) is 16.6 Å². The van der Waals surface area contributed by atoms with Crippen LogP contribution in [0.2, 0.25) is 0 Å². The van der Waals surface area contributed by atoms with E-state index >= 15 is 0 Å². The molecule has 112 valence electrons. The van der Waals surface area contributed by atoms with E-state index in [1.807, 2.05) is 19.9 Å². The minimum atomic E-state index is -3.54. The fourth-order valence-corrected chi connectivity index (χ4v) is 4.82. The van der Waals surface area contributed by atoms with Gasteiger partial charge in [0.05, 0.1) is 4.90 Å². The summed E-state index contributed by atoms with van der Waals surface area (Å²) in [6.45, 7) is 6.00. The average molecular weight is 361 g/mol. The van der Waals surface area contributed by atoms with Crippen molar-refractivity contribution in [3.8, 4) is 0 Å². The van der Waals surface area contributed by atoms with Crippen LogP contribution in [0.25, 0.3) is 0 Å². The molecule has 0 heterocycles. The van der Waals surface area contributed by atoms with Gasteiger partial charge in [0.2, 0.25) is 10.0 Å². The van der Waals surface area contributed by atoms with Gasteiger partial charge < -0.3 is 5.73 Å². The molecule has 0 radical (unpaired) electrons. The fourth-order valence-electron chi connectivity index (χ4n) is 2.39. The van der Waals surface area contributed by atoms with E-state index in [9.17, 15) is 8.42 Å². The van der Waals surface area contributed by atoms with E-state index in [2.05, 4.69) is 20.7 Å². The second-order valence-corrected chi connectivity index (χ2v) is 8.51. The lowest BCUT2D eigenvalue weighted by Gasteiger charge is -2.26. The molecule has 3 N–H and O–H groups in total. The number of nitrogens with two attached hydrogens (primary N) is 1. The summed E-state index contributed by atoms with van der Waals surface area (Å²) in [7, 11) is -3.54. The summed E-state index contributed by atoms with van der Waals surface area (Å²) in [4.78, 5) is 0.307. The van der Waals surface area contributed by atoms with Crippen LogP contribution < -0.4 is 10.5 Å². The maximum absolute atomic E-state index is 12.6. The molecule has 1 aliphatic carbocycles. The van der Waals surface area contributed by atoms with E-state index in [4.69, 9.17) is 5.73 Å². The van der Waals surface area contributed by atoms with Crippen LogP contribution in [0.3, 0.4) is 0 Å². The van der Waals surface area contributed by atoms with Crippen LogP contribution in [0.15, 0.2) is 21.5 Å². The van der Waals surface area contributed by atoms with Crippen molar-refractivity contribution in [2.24, 2.45) is 11.7 Å². The summed E-state index contributed by atoms with van der Waals surface area (Å²) in [5.74, 6) is 0.429. The minimum absolute atomic E-state index is 0.307. The maximum Gasteiger partial charge on any atom is 0.241 e. The normalized spacial score (nSPS) is 16.4. The molecule has 20 heavy (non-hydrogen) atoms. The van der Waals surface area contributed by atoms with Gasteiger partial charge in [-0.15, -0.1) is 0 Å². The summed E-state index contributed by atoms with van der Waals surface area (Å²) in [6, 6.07) is 3.52. The minimum Gasteiger partial charge on any atom is -0.326 e. The van der Waals surface area contributed by atoms with Crippen molar-refractivity contribution in [1.82, 2.24) is 4.72 Å². The zero-order valence-electron chi connectivity index (χ0n) is 12.0. The highest BCUT2D eigenvalue weighted by Crippen LogP contribution is 2.40. The highest BCUT2D eigenvalue weighted by Gasteiger charge is 2.41. The van der Waals surface area contributed by atoms with Crippen molar-refractivity contribution in [2.45, 2.75) is 50.6 Å². The third-order valence-corrected chi connectivity index (χ3v) is 6.50. The topological polar surface area (TPSA) is 72.2 Å². The predicted octanol–water partition coefficient (Wildman–Crippen LogP) is 2.68. The van der Waals surface area contributed by atoms with Crippen LogP contribution in [0, 0.1) is 12.8 Å². The molecule has 0 amide bonds. The third-order valence-electron chi connectivity index (χ3n) is 3.88. The van der Waals surface area contributed by atoms with Gasteiger partial charge in [0.25, 0.3) is 0 Å². The molecule has 0 unspecified atom stereocenters. The van der Waals surface area contributed by atoms with Gasteiger partial charge in [-0.25, -0.2) is 13.1 Å². The van der Waals surface area contributed by atoms with Gasteiger partial charge in [0.15, 0.2) is 0 Å². The van der Waals surface area contributed by atoms with E-state index in [0.29, 0.717) is 22.9 Å². The average Bonchev–Trinajstić information content (AvgIpc) is 3.15. The molecule has 4 nitrogen and oxygen atoms in total. The van der Waals surface area contributed by atoms with Crippen LogP contribution in [-0.4, -0.2) is 14.0 Å². The Morgan fingerprint density at radius 3 is 2.50 bits per heavy atom. The largest absolute Gasteiger partial charge is 0.326 e. The SMILES string of the molecule is Cc1c(Br)cc(CN)cc1S(=O)(=O)NC(C)(C)C1CC1. The molecule has 1 aromatic carbocycles. The Hall–Kier alpha value is -0.430. The highest BCUT2D eigenvalue weighted by atomic mass is 79.9. The van der Waals surface area contributed by atoms with Gasteiger partial charge in [-0.05, 0) is 62.8 Å². The van der Waals surface area contributed by atoms with Crippen LogP contribution in [-0.2, 0) is 16.6 Å². The molecule has 0 spiro atoms. The Kier molecular flexibility index (Phi) is 4.31. The first-order chi connectivity index (χ1) is 9.17. The Morgan fingerprint density at radius 1 is 1.40 bits per heavy atom. The zero-order valence-corrected chi connectivity index (χ0v) is 14.4. The third kappa shape index (κ3) is 3.24. The van der Waals surface area contributed by atoms with Crippen molar-refractivity contribution in [3.63, 3.8) is 0 Å². The highest BCUT2D eigenvalue weighted by molar-refractivity contribution is 9.10. The molecule has 1 saturated carbocycles. The molecule has 6 heteroatoms. The molecule has 0 saturated heterocycles. The van der Waals surface area contributed by atoms with Gasteiger partial charge in [-0.1, -0.05) is 15.9 Å². The van der Waals surface area contributed by atoms with E-state index < -0.39 is 15.6 Å². The Morgan fingerprint density at radius 2 is 2.00 bits per heavy atom. The molecule has 0 aliphatic heterocycles. The van der Waals surface area contributed by atoms with Crippen LogP contribution in [0.4, 0.5) is 0 Å². The fraction of sp³-hybridized carbons (Fsp3) is 0.571. The number of hydrogen-bond donors (Lipinski definition) is 2. The standard InChI is InChI=1S/C14H21BrN2O2S/c1-9-12(15)6-10(8-16)7-13(9)20(18,19)17-14(2,3)11-4-5-11/h6-7,11,17H,4-5,8,16H2,1-3H3. The molecule has 0 aromatic heterocycles. The molecule has 0 atom stereocenters. The molecule has 2 rings (SSSR count). The predicted molar refractivity (Wildman–Crippen MR) is 83.9 cm³/mol. The number of benzene rings is 1. The Balaban J connectivity index is 2.41. The number of hydrogen-bond acceptors (Lipinski definition) is 3. The lowest BCUT2D eigenvalue weighted by atomic mass is 10.0. The number of sulfonamides is 1. The van der Waals surface area contributed by atoms with Crippen molar-refractivity contribution in [2.75, 3.05) is 0 Å². The van der Waals surface area contributed by atoms with Gasteiger partial charge in [-0.2, -0.15) is 0 Å². The quantitative estimate of drug-likeness (QED) is 0.847. The maximum atomic E-state index is 12.6. The van der Waals surface area contributed by atoms with Crippen LogP contribution in [0.1, 0.15) is 37.8 Å². The molecular formula is C14H21BrN2O2S. The van der Waals surface area contributed by atoms with Crippen molar-refractivity contribution in [1.29, 1.82) is 0 Å². The summed E-state index contributed by atoms with van der Waals surface area (Å²) in [5, 5.41) is 0. The van der Waals surface area contributed by atoms with E-state index in [0.717, 1.165) is 22.9 Å². The van der Waals surface area contributed by atoms with Crippen molar-refractivity contribution in [3.05, 3.63) is 27.7 Å². The molecule has 1 aliphatic rings. The second kappa shape index (κ2) is 5.40. The molecule has 1 aromatic rings. The first kappa shape index (κ1) is 15.9. The monoisotopic (exact) mass is 360 g/mol. The Labute approximate surface area is 129 Å². The number of rotatable bonds is 5. The summed E-state index contributed by atoms with van der Waals surface area (Å²) in [5.41, 5.74) is 6.73. The van der Waals surface area contributed by atoms with Gasteiger partial charge >= 0.3 is 0 Å². The molecule has 0 bridgehead atoms. The first-order valence-corrected chi connectivity index (χ1v) is 8.98. The van der Waals surface area contributed by atoms with E-state index in [1.165, 1.54) is 0 Å². The lowest BCUT2D eigenvalue weighted by Crippen LogP contribution is -2.45.